The Morgan fingerprint density at radius 2 is 2.00 bits per heavy atom. The van der Waals surface area contributed by atoms with E-state index in [0.717, 1.165) is 38.4 Å². The lowest BCUT2D eigenvalue weighted by Gasteiger charge is -2.29. The minimum atomic E-state index is -1.05. The molecule has 1 aliphatic rings. The fourth-order valence-electron chi connectivity index (χ4n) is 4.88. The van der Waals surface area contributed by atoms with Crippen LogP contribution in [0.25, 0.3) is 5.52 Å². The number of hydroxylamine groups is 1. The Morgan fingerprint density at radius 1 is 1.21 bits per heavy atom. The molecular formula is C26H33F2N7O4. The van der Waals surface area contributed by atoms with Gasteiger partial charge in [-0.3, -0.25) is 14.9 Å². The van der Waals surface area contributed by atoms with Gasteiger partial charge in [0.1, 0.15) is 23.5 Å². The first-order valence-corrected chi connectivity index (χ1v) is 12.8. The van der Waals surface area contributed by atoms with Crippen LogP contribution >= 0.6 is 0 Å². The second kappa shape index (κ2) is 12.3. The SMILES string of the molecule is CONC(=O)c1cc(Nc2ncnn3cc(NC(=O)OCCC4CCCN(C)C4)c(C(C)C)c23)c(F)cc1F. The predicted molar refractivity (Wildman–Crippen MR) is 141 cm³/mol. The van der Waals surface area contributed by atoms with Crippen LogP contribution in [0.15, 0.2) is 24.7 Å². The number of nitrogens with zero attached hydrogens (tertiary/aromatic N) is 4. The van der Waals surface area contributed by atoms with E-state index in [4.69, 9.17) is 4.74 Å². The molecule has 3 N–H and O–H groups in total. The number of nitrogens with one attached hydrogen (secondary N) is 3. The first-order valence-electron chi connectivity index (χ1n) is 12.8. The van der Waals surface area contributed by atoms with E-state index in [1.54, 1.807) is 6.20 Å². The van der Waals surface area contributed by atoms with E-state index in [2.05, 4.69) is 37.5 Å². The lowest BCUT2D eigenvalue weighted by molar-refractivity contribution is 0.0533. The van der Waals surface area contributed by atoms with Gasteiger partial charge in [-0.25, -0.2) is 28.6 Å². The van der Waals surface area contributed by atoms with Crippen LogP contribution in [0.4, 0.5) is 30.8 Å². The summed E-state index contributed by atoms with van der Waals surface area (Å²) >= 11 is 0. The van der Waals surface area contributed by atoms with Crippen molar-refractivity contribution in [3.05, 3.63) is 47.4 Å². The number of benzene rings is 1. The number of ether oxygens (including phenoxy) is 1. The molecule has 0 spiro atoms. The third kappa shape index (κ3) is 6.60. The van der Waals surface area contributed by atoms with E-state index in [1.807, 2.05) is 19.3 Å². The lowest BCUT2D eigenvalue weighted by Crippen LogP contribution is -2.32. The first-order chi connectivity index (χ1) is 18.7. The number of piperidine rings is 1. The molecule has 2 amide bonds. The van der Waals surface area contributed by atoms with E-state index in [9.17, 15) is 18.4 Å². The van der Waals surface area contributed by atoms with Gasteiger partial charge < -0.3 is 15.0 Å². The number of carbonyl (C=O) groups is 2. The third-order valence-corrected chi connectivity index (χ3v) is 6.66. The number of rotatable bonds is 9. The normalized spacial score (nSPS) is 15.9. The second-order valence-corrected chi connectivity index (χ2v) is 9.91. The molecule has 0 saturated carbocycles. The number of hydrogen-bond donors (Lipinski definition) is 3. The summed E-state index contributed by atoms with van der Waals surface area (Å²) in [6, 6.07) is 1.62. The zero-order valence-electron chi connectivity index (χ0n) is 22.4. The Bertz CT molecular complexity index is 1350. The van der Waals surface area contributed by atoms with Crippen molar-refractivity contribution >= 4 is 34.7 Å². The molecule has 210 valence electrons. The Morgan fingerprint density at radius 3 is 2.72 bits per heavy atom. The minimum absolute atomic E-state index is 0.101. The van der Waals surface area contributed by atoms with E-state index in [-0.39, 0.29) is 17.4 Å². The number of amides is 2. The highest BCUT2D eigenvalue weighted by atomic mass is 19.1. The zero-order valence-corrected chi connectivity index (χ0v) is 22.4. The molecule has 1 aliphatic heterocycles. The molecule has 3 aromatic rings. The van der Waals surface area contributed by atoms with Gasteiger partial charge in [0.2, 0.25) is 0 Å². The maximum absolute atomic E-state index is 14.7. The Labute approximate surface area is 224 Å². The van der Waals surface area contributed by atoms with E-state index >= 15 is 0 Å². The van der Waals surface area contributed by atoms with Gasteiger partial charge in [0, 0.05) is 18.2 Å². The maximum atomic E-state index is 14.7. The molecule has 13 heteroatoms. The van der Waals surface area contributed by atoms with Crippen molar-refractivity contribution in [1.82, 2.24) is 25.0 Å². The summed E-state index contributed by atoms with van der Waals surface area (Å²) in [5.74, 6) is -2.27. The molecule has 1 atom stereocenters. The standard InChI is InChI=1S/C26H33F2N7O4/c1-15(2)22-21(32-26(37)39-9-7-16-6-5-8-34(3)12-16)13-35-23(22)24(29-14-30-35)31-20-10-17(25(36)33-38-4)18(27)11-19(20)28/h10-11,13-16H,5-9,12H2,1-4H3,(H,32,37)(H,33,36)(H,29,30,31). The van der Waals surface area contributed by atoms with E-state index < -0.39 is 29.2 Å². The first kappa shape index (κ1) is 28.2. The predicted octanol–water partition coefficient (Wildman–Crippen LogP) is 4.45. The summed E-state index contributed by atoms with van der Waals surface area (Å²) in [5.41, 5.74) is 3.03. The van der Waals surface area contributed by atoms with Gasteiger partial charge in [-0.15, -0.1) is 0 Å². The Balaban J connectivity index is 1.56. The van der Waals surface area contributed by atoms with E-state index in [0.29, 0.717) is 35.4 Å². The van der Waals surface area contributed by atoms with Gasteiger partial charge >= 0.3 is 6.09 Å². The summed E-state index contributed by atoms with van der Waals surface area (Å²) < 4.78 is 35.9. The monoisotopic (exact) mass is 545 g/mol. The van der Waals surface area contributed by atoms with Gasteiger partial charge in [0.25, 0.3) is 5.91 Å². The highest BCUT2D eigenvalue weighted by Crippen LogP contribution is 2.35. The molecule has 1 unspecified atom stereocenters. The van der Waals surface area contributed by atoms with Gasteiger partial charge in [-0.1, -0.05) is 13.8 Å². The van der Waals surface area contributed by atoms with Crippen LogP contribution in [0.3, 0.4) is 0 Å². The number of aromatic nitrogens is 3. The lowest BCUT2D eigenvalue weighted by atomic mass is 9.96. The number of anilines is 3. The van der Waals surface area contributed by atoms with Crippen molar-refractivity contribution in [3.63, 3.8) is 0 Å². The molecule has 0 bridgehead atoms. The molecule has 3 heterocycles. The van der Waals surface area contributed by atoms with Gasteiger partial charge in [-0.05, 0) is 50.8 Å². The molecule has 4 rings (SSSR count). The van der Waals surface area contributed by atoms with Crippen molar-refractivity contribution in [1.29, 1.82) is 0 Å². The summed E-state index contributed by atoms with van der Waals surface area (Å²) in [5, 5.41) is 9.86. The number of carbonyl (C=O) groups excluding carboxylic acids is 2. The smallest absolute Gasteiger partial charge is 0.411 e. The Kier molecular flexibility index (Phi) is 8.92. The maximum Gasteiger partial charge on any atom is 0.411 e. The van der Waals surface area contributed by atoms with Gasteiger partial charge in [-0.2, -0.15) is 5.10 Å². The minimum Gasteiger partial charge on any atom is -0.449 e. The molecule has 11 nitrogen and oxygen atoms in total. The summed E-state index contributed by atoms with van der Waals surface area (Å²) in [4.78, 5) is 35.8. The molecule has 1 saturated heterocycles. The van der Waals surface area contributed by atoms with Crippen LogP contribution in [0.1, 0.15) is 54.9 Å². The van der Waals surface area contributed by atoms with Gasteiger partial charge in [0.15, 0.2) is 5.82 Å². The third-order valence-electron chi connectivity index (χ3n) is 6.66. The largest absolute Gasteiger partial charge is 0.449 e. The quantitative estimate of drug-likeness (QED) is 0.337. The number of fused-ring (bicyclic) bond motifs is 1. The van der Waals surface area contributed by atoms with Crippen molar-refractivity contribution < 1.29 is 27.9 Å². The molecule has 39 heavy (non-hydrogen) atoms. The zero-order chi connectivity index (χ0) is 28.1. The number of likely N-dealkylation sites (tertiary alicyclic amines) is 1. The van der Waals surface area contributed by atoms with Crippen LogP contribution in [0, 0.1) is 17.6 Å². The van der Waals surface area contributed by atoms with Crippen LogP contribution < -0.4 is 16.1 Å². The fraction of sp³-hybridized carbons (Fsp3) is 0.462. The summed E-state index contributed by atoms with van der Waals surface area (Å²) in [6.07, 6.45) is 5.34. The van der Waals surface area contributed by atoms with Crippen molar-refractivity contribution in [3.8, 4) is 0 Å². The molecule has 1 fully saturated rings. The number of halogens is 2. The molecule has 1 aromatic carbocycles. The van der Waals surface area contributed by atoms with Crippen LogP contribution in [0.2, 0.25) is 0 Å². The van der Waals surface area contributed by atoms with E-state index in [1.165, 1.54) is 18.0 Å². The topological polar surface area (TPSA) is 122 Å². The highest BCUT2D eigenvalue weighted by Gasteiger charge is 2.23. The van der Waals surface area contributed by atoms with Crippen molar-refractivity contribution in [2.24, 2.45) is 5.92 Å². The van der Waals surface area contributed by atoms with Crippen LogP contribution in [0.5, 0.6) is 0 Å². The molecule has 2 aromatic heterocycles. The second-order valence-electron chi connectivity index (χ2n) is 9.91. The average Bonchev–Trinajstić information content (AvgIpc) is 3.24. The fourth-order valence-corrected chi connectivity index (χ4v) is 4.88. The van der Waals surface area contributed by atoms with Crippen LogP contribution in [-0.4, -0.2) is 65.4 Å². The summed E-state index contributed by atoms with van der Waals surface area (Å²) in [7, 11) is 3.30. The molecule has 0 aliphatic carbocycles. The van der Waals surface area contributed by atoms with Gasteiger partial charge in [0.05, 0.1) is 36.9 Å². The number of hydrogen-bond acceptors (Lipinski definition) is 8. The highest BCUT2D eigenvalue weighted by molar-refractivity contribution is 5.95. The Hall–Kier alpha value is -3.84. The average molecular weight is 546 g/mol. The molecular weight excluding hydrogens is 512 g/mol. The van der Waals surface area contributed by atoms with Crippen molar-refractivity contribution in [2.45, 2.75) is 39.0 Å². The van der Waals surface area contributed by atoms with Crippen LogP contribution in [-0.2, 0) is 9.57 Å². The molecule has 0 radical (unpaired) electrons. The van der Waals surface area contributed by atoms with Crippen molar-refractivity contribution in [2.75, 3.05) is 44.5 Å². The summed E-state index contributed by atoms with van der Waals surface area (Å²) in [6.45, 7) is 6.25.